The van der Waals surface area contributed by atoms with Crippen molar-refractivity contribution in [2.75, 3.05) is 4.90 Å². The minimum Gasteiger partial charge on any atom is -0.310 e. The van der Waals surface area contributed by atoms with Crippen LogP contribution in [0.2, 0.25) is 0 Å². The molecule has 67 heavy (non-hydrogen) atoms. The molecule has 1 aliphatic carbocycles. The first-order chi connectivity index (χ1) is 33.0. The molecule has 2 heteroatoms. The predicted molar refractivity (Wildman–Crippen MR) is 284 cm³/mol. The Morgan fingerprint density at radius 3 is 1.76 bits per heavy atom. The van der Waals surface area contributed by atoms with Gasteiger partial charge in [-0.15, -0.1) is 0 Å². The maximum absolute atomic E-state index is 2.41. The van der Waals surface area contributed by atoms with Crippen LogP contribution >= 0.6 is 0 Å². The molecule has 0 radical (unpaired) electrons. The normalized spacial score (nSPS) is 12.7. The van der Waals surface area contributed by atoms with Crippen LogP contribution in [0.25, 0.3) is 93.5 Å². The zero-order chi connectivity index (χ0) is 44.6. The summed E-state index contributed by atoms with van der Waals surface area (Å²) in [6.45, 7) is 4.74. The molecular weight excluding hydrogens is 809 g/mol. The summed E-state index contributed by atoms with van der Waals surface area (Å²) in [5, 5.41) is 7.56. The summed E-state index contributed by atoms with van der Waals surface area (Å²) in [6, 6.07) is 89.3. The van der Waals surface area contributed by atoms with E-state index in [1.807, 2.05) is 0 Å². The van der Waals surface area contributed by atoms with Crippen LogP contribution < -0.4 is 4.90 Å². The number of rotatable bonds is 7. The van der Waals surface area contributed by atoms with E-state index < -0.39 is 0 Å². The van der Waals surface area contributed by atoms with E-state index in [4.69, 9.17) is 0 Å². The number of benzene rings is 11. The summed E-state index contributed by atoms with van der Waals surface area (Å²) >= 11 is 0. The van der Waals surface area contributed by atoms with Crippen molar-refractivity contribution >= 4 is 60.4 Å². The zero-order valence-electron chi connectivity index (χ0n) is 37.5. The van der Waals surface area contributed by atoms with Crippen LogP contribution in [0.3, 0.4) is 0 Å². The fraction of sp³-hybridized carbons (Fsp3) is 0.0462. The van der Waals surface area contributed by atoms with Crippen LogP contribution in [0.5, 0.6) is 0 Å². The maximum Gasteiger partial charge on any atom is 0.0547 e. The molecule has 0 unspecified atom stereocenters. The molecule has 0 saturated heterocycles. The van der Waals surface area contributed by atoms with Gasteiger partial charge in [-0.25, -0.2) is 0 Å². The molecule has 0 atom stereocenters. The van der Waals surface area contributed by atoms with Gasteiger partial charge in [-0.05, 0) is 138 Å². The van der Waals surface area contributed by atoms with Crippen molar-refractivity contribution in [3.63, 3.8) is 0 Å². The van der Waals surface area contributed by atoms with Gasteiger partial charge in [-0.2, -0.15) is 0 Å². The Kier molecular flexibility index (Phi) is 8.91. The Bertz CT molecular complexity index is 3870. The average Bonchev–Trinajstić information content (AvgIpc) is 3.84. The quantitative estimate of drug-likeness (QED) is 0.145. The first-order valence-electron chi connectivity index (χ1n) is 23.3. The van der Waals surface area contributed by atoms with Crippen molar-refractivity contribution in [2.45, 2.75) is 19.3 Å². The molecule has 0 spiro atoms. The molecular formula is C65H46N2. The lowest BCUT2D eigenvalue weighted by Crippen LogP contribution is -2.16. The monoisotopic (exact) mass is 854 g/mol. The molecule has 1 aliphatic rings. The Morgan fingerprint density at radius 2 is 0.925 bits per heavy atom. The van der Waals surface area contributed by atoms with E-state index in [-0.39, 0.29) is 5.41 Å². The second kappa shape index (κ2) is 15.3. The summed E-state index contributed by atoms with van der Waals surface area (Å²) in [7, 11) is 0. The van der Waals surface area contributed by atoms with Crippen molar-refractivity contribution in [1.82, 2.24) is 4.57 Å². The van der Waals surface area contributed by atoms with E-state index in [0.717, 1.165) is 22.7 Å². The molecule has 0 fully saturated rings. The van der Waals surface area contributed by atoms with Gasteiger partial charge in [0, 0.05) is 38.9 Å². The number of hydrogen-bond donors (Lipinski definition) is 0. The lowest BCUT2D eigenvalue weighted by atomic mass is 9.79. The second-order valence-corrected chi connectivity index (χ2v) is 18.5. The van der Waals surface area contributed by atoms with Gasteiger partial charge in [-0.1, -0.05) is 196 Å². The highest BCUT2D eigenvalue weighted by atomic mass is 15.1. The number of anilines is 3. The van der Waals surface area contributed by atoms with E-state index in [1.54, 1.807) is 0 Å². The largest absolute Gasteiger partial charge is 0.310 e. The van der Waals surface area contributed by atoms with Crippen LogP contribution in [0, 0.1) is 0 Å². The third-order valence-corrected chi connectivity index (χ3v) is 14.4. The first kappa shape index (κ1) is 39.0. The molecule has 1 aromatic heterocycles. The third-order valence-electron chi connectivity index (χ3n) is 14.4. The van der Waals surface area contributed by atoms with Gasteiger partial charge < -0.3 is 9.47 Å². The molecule has 0 amide bonds. The number of hydrogen-bond acceptors (Lipinski definition) is 1. The number of nitrogens with zero attached hydrogens (tertiary/aromatic N) is 2. The highest BCUT2D eigenvalue weighted by Gasteiger charge is 2.37. The fourth-order valence-corrected chi connectivity index (χ4v) is 11.2. The summed E-state index contributed by atoms with van der Waals surface area (Å²) in [4.78, 5) is 2.41. The average molecular weight is 855 g/mol. The van der Waals surface area contributed by atoms with Crippen molar-refractivity contribution in [3.8, 4) is 50.2 Å². The minimum atomic E-state index is -0.105. The number of aromatic nitrogens is 1. The molecule has 1 heterocycles. The van der Waals surface area contributed by atoms with Gasteiger partial charge in [0.05, 0.1) is 11.0 Å². The van der Waals surface area contributed by atoms with Gasteiger partial charge in [0.25, 0.3) is 0 Å². The van der Waals surface area contributed by atoms with Crippen LogP contribution in [-0.4, -0.2) is 4.57 Å². The molecule has 0 bridgehead atoms. The Labute approximate surface area is 391 Å². The highest BCUT2D eigenvalue weighted by molar-refractivity contribution is 6.12. The number of para-hydroxylation sites is 2. The molecule has 0 saturated carbocycles. The second-order valence-electron chi connectivity index (χ2n) is 18.5. The molecule has 0 N–H and O–H groups in total. The predicted octanol–water partition coefficient (Wildman–Crippen LogP) is 17.9. The van der Waals surface area contributed by atoms with Crippen molar-refractivity contribution < 1.29 is 0 Å². The molecule has 11 aromatic carbocycles. The van der Waals surface area contributed by atoms with E-state index >= 15 is 0 Å². The van der Waals surface area contributed by atoms with Gasteiger partial charge in [0.15, 0.2) is 0 Å². The topological polar surface area (TPSA) is 8.17 Å². The van der Waals surface area contributed by atoms with Gasteiger partial charge in [0.2, 0.25) is 0 Å². The minimum absolute atomic E-state index is 0.105. The Hall–Kier alpha value is -8.46. The molecule has 13 rings (SSSR count). The smallest absolute Gasteiger partial charge is 0.0547 e. The van der Waals surface area contributed by atoms with Crippen molar-refractivity contribution in [2.24, 2.45) is 0 Å². The van der Waals surface area contributed by atoms with Crippen molar-refractivity contribution in [1.29, 1.82) is 0 Å². The van der Waals surface area contributed by atoms with Crippen LogP contribution in [0.15, 0.2) is 243 Å². The lowest BCUT2D eigenvalue weighted by molar-refractivity contribution is 0.662. The van der Waals surface area contributed by atoms with E-state index in [9.17, 15) is 0 Å². The molecule has 2 nitrogen and oxygen atoms in total. The summed E-state index contributed by atoms with van der Waals surface area (Å²) in [5.74, 6) is 0. The SMILES string of the molecule is CC1(C)c2ccccc2-c2cccc(-c3ccc(N(c4ccc(-c5ccc6c7ccccc7n(-c7ccccc7)c6c5)cc4)c4cccc(-c5cccc6c5ccc5ccccc56)c4)cc3)c21. The molecule has 12 aromatic rings. The summed E-state index contributed by atoms with van der Waals surface area (Å²) in [5.41, 5.74) is 19.5. The van der Waals surface area contributed by atoms with E-state index in [1.165, 1.54) is 99.0 Å². The van der Waals surface area contributed by atoms with Crippen LogP contribution in [0.1, 0.15) is 25.0 Å². The van der Waals surface area contributed by atoms with Gasteiger partial charge in [-0.3, -0.25) is 0 Å². The van der Waals surface area contributed by atoms with Crippen LogP contribution in [0.4, 0.5) is 17.1 Å². The fourth-order valence-electron chi connectivity index (χ4n) is 11.2. The standard InChI is InChI=1S/C65H46N2/c1-65(2)61-27-10-8-21-57(61)60-26-14-24-54(64(60)65)45-31-37-50(38-32-45)66(51-19-12-16-47(41-51)53-23-13-25-55-52-20-7-6-15-44(52)33-39-56(53)55)49-35-29-43(30-36-49)46-34-40-59-58-22-9-11-28-62(58)67(63(59)42-46)48-17-4-3-5-18-48/h3-42H,1-2H3. The molecule has 0 aliphatic heterocycles. The Balaban J connectivity index is 0.929. The highest BCUT2D eigenvalue weighted by Crippen LogP contribution is 2.52. The van der Waals surface area contributed by atoms with Crippen molar-refractivity contribution in [3.05, 3.63) is 254 Å². The first-order valence-corrected chi connectivity index (χ1v) is 23.3. The van der Waals surface area contributed by atoms with Crippen LogP contribution in [-0.2, 0) is 5.41 Å². The summed E-state index contributed by atoms with van der Waals surface area (Å²) in [6.07, 6.45) is 0. The third kappa shape index (κ3) is 6.25. The van der Waals surface area contributed by atoms with E-state index in [2.05, 4.69) is 266 Å². The zero-order valence-corrected chi connectivity index (χ0v) is 37.5. The summed E-state index contributed by atoms with van der Waals surface area (Å²) < 4.78 is 2.39. The Morgan fingerprint density at radius 1 is 0.328 bits per heavy atom. The lowest BCUT2D eigenvalue weighted by Gasteiger charge is -2.27. The number of fused-ring (bicyclic) bond motifs is 9. The molecule has 316 valence electrons. The van der Waals surface area contributed by atoms with Gasteiger partial charge in [0.1, 0.15) is 0 Å². The van der Waals surface area contributed by atoms with E-state index in [0.29, 0.717) is 0 Å². The maximum atomic E-state index is 2.41. The van der Waals surface area contributed by atoms with Gasteiger partial charge >= 0.3 is 0 Å².